The van der Waals surface area contributed by atoms with Crippen molar-refractivity contribution in [3.8, 4) is 0 Å². The van der Waals surface area contributed by atoms with Crippen LogP contribution in [0.15, 0.2) is 18.2 Å². The van der Waals surface area contributed by atoms with Crippen molar-refractivity contribution in [3.05, 3.63) is 34.9 Å². The summed E-state index contributed by atoms with van der Waals surface area (Å²) in [6.45, 7) is 7.58. The molecule has 3 rings (SSSR count). The van der Waals surface area contributed by atoms with Crippen LogP contribution < -0.4 is 5.32 Å². The highest BCUT2D eigenvalue weighted by atomic mass is 32.2. The van der Waals surface area contributed by atoms with E-state index in [9.17, 15) is 9.59 Å². The van der Waals surface area contributed by atoms with Gasteiger partial charge in [-0.1, -0.05) is 12.1 Å². The van der Waals surface area contributed by atoms with Crippen LogP contribution in [-0.4, -0.2) is 41.3 Å². The fourth-order valence-corrected chi connectivity index (χ4v) is 4.03. The molecule has 5 nitrogen and oxygen atoms in total. The van der Waals surface area contributed by atoms with Gasteiger partial charge in [0.2, 0.25) is 0 Å². The van der Waals surface area contributed by atoms with Crippen molar-refractivity contribution in [1.29, 1.82) is 0 Å². The van der Waals surface area contributed by atoms with E-state index in [1.54, 1.807) is 4.90 Å². The Bertz CT molecular complexity index is 639. The lowest BCUT2D eigenvalue weighted by Gasteiger charge is -2.34. The third-order valence-electron chi connectivity index (χ3n) is 3.90. The van der Waals surface area contributed by atoms with E-state index in [0.717, 1.165) is 16.9 Å². The minimum Gasteiger partial charge on any atom is -0.444 e. The van der Waals surface area contributed by atoms with Crippen LogP contribution in [-0.2, 0) is 11.3 Å². The number of carbonyl (C=O) groups excluding carboxylic acids is 2. The van der Waals surface area contributed by atoms with Crippen molar-refractivity contribution in [2.45, 2.75) is 38.2 Å². The molecule has 1 aromatic rings. The summed E-state index contributed by atoms with van der Waals surface area (Å²) >= 11 is 1.85. The standard InChI is InChI=1S/C17H22N2O3S/c1-17(2,3)22-16(21)19-6-7-23-14(10-19)11-4-5-13-12(8-11)9-18-15(13)20/h4-5,8,14H,6-7,9-10H2,1-3H3,(H,18,20). The van der Waals surface area contributed by atoms with Gasteiger partial charge in [-0.3, -0.25) is 4.79 Å². The van der Waals surface area contributed by atoms with E-state index in [4.69, 9.17) is 4.74 Å². The first-order valence-corrected chi connectivity index (χ1v) is 8.89. The van der Waals surface area contributed by atoms with Crippen LogP contribution in [0.25, 0.3) is 0 Å². The number of carbonyl (C=O) groups is 2. The molecule has 1 aromatic carbocycles. The Morgan fingerprint density at radius 2 is 2.17 bits per heavy atom. The van der Waals surface area contributed by atoms with Crippen LogP contribution in [0.2, 0.25) is 0 Å². The largest absolute Gasteiger partial charge is 0.444 e. The first kappa shape index (κ1) is 16.2. The van der Waals surface area contributed by atoms with E-state index in [1.807, 2.05) is 44.7 Å². The van der Waals surface area contributed by atoms with E-state index < -0.39 is 5.60 Å². The van der Waals surface area contributed by atoms with E-state index in [2.05, 4.69) is 11.4 Å². The minimum atomic E-state index is -0.475. The van der Waals surface area contributed by atoms with E-state index in [0.29, 0.717) is 19.6 Å². The van der Waals surface area contributed by atoms with Crippen molar-refractivity contribution in [2.24, 2.45) is 0 Å². The monoisotopic (exact) mass is 334 g/mol. The van der Waals surface area contributed by atoms with E-state index >= 15 is 0 Å². The SMILES string of the molecule is CC(C)(C)OC(=O)N1CCSC(c2ccc3c(c2)CNC3=O)C1. The van der Waals surface area contributed by atoms with Crippen molar-refractivity contribution in [3.63, 3.8) is 0 Å². The summed E-state index contributed by atoms with van der Waals surface area (Å²) in [5, 5.41) is 3.06. The average molecular weight is 334 g/mol. The van der Waals surface area contributed by atoms with Gasteiger partial charge >= 0.3 is 6.09 Å². The zero-order chi connectivity index (χ0) is 16.6. The molecule has 124 valence electrons. The minimum absolute atomic E-state index is 0.00164. The number of hydrogen-bond donors (Lipinski definition) is 1. The maximum atomic E-state index is 12.3. The van der Waals surface area contributed by atoms with Crippen molar-refractivity contribution in [1.82, 2.24) is 10.2 Å². The summed E-state index contributed by atoms with van der Waals surface area (Å²) < 4.78 is 5.47. The summed E-state index contributed by atoms with van der Waals surface area (Å²) in [6.07, 6.45) is -0.249. The van der Waals surface area contributed by atoms with E-state index in [1.165, 1.54) is 5.56 Å². The molecule has 2 aliphatic rings. The molecule has 2 aliphatic heterocycles. The summed E-state index contributed by atoms with van der Waals surface area (Å²) in [7, 11) is 0. The maximum absolute atomic E-state index is 12.3. The molecule has 1 saturated heterocycles. The molecule has 23 heavy (non-hydrogen) atoms. The second kappa shape index (κ2) is 6.07. The fourth-order valence-electron chi connectivity index (χ4n) is 2.80. The number of benzene rings is 1. The van der Waals surface area contributed by atoms with Crippen LogP contribution >= 0.6 is 11.8 Å². The molecule has 1 unspecified atom stereocenters. The second-order valence-electron chi connectivity index (χ2n) is 6.89. The van der Waals surface area contributed by atoms with Gasteiger partial charge in [0.15, 0.2) is 0 Å². The highest BCUT2D eigenvalue weighted by Crippen LogP contribution is 2.35. The molecule has 1 fully saturated rings. The highest BCUT2D eigenvalue weighted by molar-refractivity contribution is 7.99. The average Bonchev–Trinajstić information content (AvgIpc) is 2.87. The molecule has 6 heteroatoms. The van der Waals surface area contributed by atoms with Gasteiger partial charge in [0.05, 0.1) is 0 Å². The normalized spacial score (nSPS) is 20.9. The molecular formula is C17H22N2O3S. The number of hydrogen-bond acceptors (Lipinski definition) is 4. The molecular weight excluding hydrogens is 312 g/mol. The Kier molecular flexibility index (Phi) is 4.27. The lowest BCUT2D eigenvalue weighted by molar-refractivity contribution is 0.0256. The molecule has 1 atom stereocenters. The molecule has 0 saturated carbocycles. The van der Waals surface area contributed by atoms with Gasteiger partial charge in [-0.25, -0.2) is 4.79 Å². The lowest BCUT2D eigenvalue weighted by atomic mass is 10.0. The fraction of sp³-hybridized carbons (Fsp3) is 0.529. The number of thioether (sulfide) groups is 1. The number of ether oxygens (including phenoxy) is 1. The van der Waals surface area contributed by atoms with Gasteiger partial charge < -0.3 is 15.0 Å². The quantitative estimate of drug-likeness (QED) is 0.858. The Balaban J connectivity index is 1.72. The van der Waals surface area contributed by atoms with Gasteiger partial charge in [-0.05, 0) is 38.0 Å². The van der Waals surface area contributed by atoms with Gasteiger partial charge in [0.1, 0.15) is 5.60 Å². The summed E-state index contributed by atoms with van der Waals surface area (Å²) in [6, 6.07) is 5.98. The zero-order valence-electron chi connectivity index (χ0n) is 13.7. The van der Waals surface area contributed by atoms with Gasteiger partial charge in [-0.2, -0.15) is 11.8 Å². The highest BCUT2D eigenvalue weighted by Gasteiger charge is 2.29. The molecule has 0 aliphatic carbocycles. The third kappa shape index (κ3) is 3.63. The molecule has 0 bridgehead atoms. The molecule has 0 aromatic heterocycles. The Morgan fingerprint density at radius 3 is 2.91 bits per heavy atom. The first-order chi connectivity index (χ1) is 10.8. The number of amides is 2. The molecule has 0 radical (unpaired) electrons. The topological polar surface area (TPSA) is 58.6 Å². The molecule has 2 heterocycles. The Hall–Kier alpha value is -1.69. The van der Waals surface area contributed by atoms with Crippen molar-refractivity contribution in [2.75, 3.05) is 18.8 Å². The number of nitrogens with one attached hydrogen (secondary N) is 1. The second-order valence-corrected chi connectivity index (χ2v) is 8.20. The van der Waals surface area contributed by atoms with Crippen LogP contribution in [0.1, 0.15) is 47.5 Å². The van der Waals surface area contributed by atoms with Crippen LogP contribution in [0.3, 0.4) is 0 Å². The predicted octanol–water partition coefficient (Wildman–Crippen LogP) is 2.96. The number of rotatable bonds is 1. The summed E-state index contributed by atoms with van der Waals surface area (Å²) in [5.74, 6) is 0.885. The molecule has 0 spiro atoms. The van der Waals surface area contributed by atoms with Crippen molar-refractivity contribution < 1.29 is 14.3 Å². The maximum Gasteiger partial charge on any atom is 0.410 e. The van der Waals surface area contributed by atoms with Crippen LogP contribution in [0, 0.1) is 0 Å². The van der Waals surface area contributed by atoms with Gasteiger partial charge in [0.25, 0.3) is 5.91 Å². The Morgan fingerprint density at radius 1 is 1.39 bits per heavy atom. The van der Waals surface area contributed by atoms with Gasteiger partial charge in [-0.15, -0.1) is 0 Å². The lowest BCUT2D eigenvalue weighted by Crippen LogP contribution is -2.42. The number of fused-ring (bicyclic) bond motifs is 1. The Labute approximate surface area is 140 Å². The zero-order valence-corrected chi connectivity index (χ0v) is 14.5. The third-order valence-corrected chi connectivity index (χ3v) is 5.15. The number of nitrogens with zero attached hydrogens (tertiary/aromatic N) is 1. The van der Waals surface area contributed by atoms with Crippen molar-refractivity contribution >= 4 is 23.8 Å². The summed E-state index contributed by atoms with van der Waals surface area (Å²) in [5.41, 5.74) is 2.50. The van der Waals surface area contributed by atoms with Crippen LogP contribution in [0.5, 0.6) is 0 Å². The first-order valence-electron chi connectivity index (χ1n) is 7.84. The van der Waals surface area contributed by atoms with Gasteiger partial charge in [0, 0.05) is 36.2 Å². The summed E-state index contributed by atoms with van der Waals surface area (Å²) in [4.78, 5) is 25.7. The molecule has 2 amide bonds. The van der Waals surface area contributed by atoms with Crippen LogP contribution in [0.4, 0.5) is 4.79 Å². The molecule has 1 N–H and O–H groups in total. The smallest absolute Gasteiger partial charge is 0.410 e. The van der Waals surface area contributed by atoms with E-state index in [-0.39, 0.29) is 17.3 Å². The predicted molar refractivity (Wildman–Crippen MR) is 90.6 cm³/mol.